The van der Waals surface area contributed by atoms with Crippen LogP contribution < -0.4 is 0 Å². The highest BCUT2D eigenvalue weighted by molar-refractivity contribution is 7.09. The monoisotopic (exact) mass is 475 g/mol. The predicted octanol–water partition coefficient (Wildman–Crippen LogP) is 4.70. The highest BCUT2D eigenvalue weighted by Crippen LogP contribution is 2.41. The summed E-state index contributed by atoms with van der Waals surface area (Å²) in [4.78, 5) is 30.9. The molecule has 1 amide bonds. The molecule has 2 aliphatic heterocycles. The van der Waals surface area contributed by atoms with Gasteiger partial charge in [0.2, 0.25) is 5.91 Å². The van der Waals surface area contributed by atoms with Crippen molar-refractivity contribution < 1.29 is 27.9 Å². The van der Waals surface area contributed by atoms with Gasteiger partial charge in [-0.3, -0.25) is 9.69 Å². The van der Waals surface area contributed by atoms with Gasteiger partial charge in [0.25, 0.3) is 0 Å². The lowest BCUT2D eigenvalue weighted by Crippen LogP contribution is -2.48. The van der Waals surface area contributed by atoms with Gasteiger partial charge in [-0.1, -0.05) is 19.3 Å². The Kier molecular flexibility index (Phi) is 8.55. The number of carboxylic acids is 1. The van der Waals surface area contributed by atoms with Crippen LogP contribution in [0, 0.1) is 5.92 Å². The first-order chi connectivity index (χ1) is 15.2. The van der Waals surface area contributed by atoms with E-state index in [1.165, 1.54) is 50.0 Å². The number of hydrogen-bond donors (Lipinski definition) is 1. The van der Waals surface area contributed by atoms with Gasteiger partial charge in [-0.25, -0.2) is 9.78 Å². The standard InChI is InChI=1S/C20H31N3OS.C2HF3O2/c24-19-7-9-20(23(19)15-17-5-2-1-3-6-17)8-4-12-22(13-10-20)16-18-21-11-14-25-18;3-2(4,5)1(6)7/h11,14,17H,1-10,12-13,15-16H2;(H,6,7). The first-order valence-corrected chi connectivity index (χ1v) is 12.3. The van der Waals surface area contributed by atoms with Gasteiger partial charge < -0.3 is 10.0 Å². The van der Waals surface area contributed by atoms with Gasteiger partial charge in [-0.2, -0.15) is 13.2 Å². The number of amides is 1. The van der Waals surface area contributed by atoms with E-state index in [9.17, 15) is 18.0 Å². The van der Waals surface area contributed by atoms with Crippen molar-refractivity contribution in [2.75, 3.05) is 19.6 Å². The Morgan fingerprint density at radius 1 is 1.16 bits per heavy atom. The van der Waals surface area contributed by atoms with E-state index in [2.05, 4.69) is 20.2 Å². The average Bonchev–Trinajstić information content (AvgIpc) is 3.30. The Morgan fingerprint density at radius 3 is 2.50 bits per heavy atom. The number of nitrogens with zero attached hydrogens (tertiary/aromatic N) is 3. The molecule has 3 fully saturated rings. The molecule has 0 aromatic carbocycles. The molecule has 1 aromatic rings. The van der Waals surface area contributed by atoms with Crippen molar-refractivity contribution in [3.05, 3.63) is 16.6 Å². The molecule has 10 heteroatoms. The third kappa shape index (κ3) is 6.66. The largest absolute Gasteiger partial charge is 0.490 e. The van der Waals surface area contributed by atoms with Crippen LogP contribution in [0.2, 0.25) is 0 Å². The number of likely N-dealkylation sites (tertiary alicyclic amines) is 2. The number of halogens is 3. The topological polar surface area (TPSA) is 73.7 Å². The fourth-order valence-electron chi connectivity index (χ4n) is 5.23. The minimum Gasteiger partial charge on any atom is -0.475 e. The van der Waals surface area contributed by atoms with Crippen LogP contribution in [0.4, 0.5) is 13.2 Å². The van der Waals surface area contributed by atoms with Crippen molar-refractivity contribution in [1.29, 1.82) is 0 Å². The number of carbonyl (C=O) groups excluding carboxylic acids is 1. The zero-order chi connectivity index (χ0) is 23.2. The summed E-state index contributed by atoms with van der Waals surface area (Å²) in [5.41, 5.74) is 0.159. The summed E-state index contributed by atoms with van der Waals surface area (Å²) in [5, 5.41) is 10.4. The predicted molar refractivity (Wildman–Crippen MR) is 115 cm³/mol. The molecule has 6 nitrogen and oxygen atoms in total. The number of hydrogen-bond acceptors (Lipinski definition) is 5. The molecule has 1 aromatic heterocycles. The highest BCUT2D eigenvalue weighted by atomic mass is 32.1. The van der Waals surface area contributed by atoms with E-state index in [4.69, 9.17) is 9.90 Å². The fraction of sp³-hybridized carbons (Fsp3) is 0.773. The average molecular weight is 476 g/mol. The Morgan fingerprint density at radius 2 is 1.88 bits per heavy atom. The molecule has 180 valence electrons. The molecule has 1 atom stereocenters. The molecule has 32 heavy (non-hydrogen) atoms. The summed E-state index contributed by atoms with van der Waals surface area (Å²) in [6.07, 6.45) is 9.01. The molecule has 3 heterocycles. The van der Waals surface area contributed by atoms with Crippen molar-refractivity contribution in [1.82, 2.24) is 14.8 Å². The second kappa shape index (κ2) is 11.0. The van der Waals surface area contributed by atoms with Crippen LogP contribution in [-0.2, 0) is 16.1 Å². The van der Waals surface area contributed by atoms with Crippen LogP contribution in [-0.4, -0.2) is 63.1 Å². The maximum absolute atomic E-state index is 12.7. The molecule has 1 saturated carbocycles. The van der Waals surface area contributed by atoms with Crippen LogP contribution in [0.5, 0.6) is 0 Å². The zero-order valence-corrected chi connectivity index (χ0v) is 19.1. The van der Waals surface area contributed by atoms with Gasteiger partial charge in [-0.05, 0) is 51.0 Å². The lowest BCUT2D eigenvalue weighted by atomic mass is 9.84. The maximum atomic E-state index is 12.7. The third-order valence-electron chi connectivity index (χ3n) is 6.94. The molecule has 1 spiro atoms. The number of rotatable bonds is 4. The molecule has 1 N–H and O–H groups in total. The van der Waals surface area contributed by atoms with Crippen molar-refractivity contribution in [3.63, 3.8) is 0 Å². The van der Waals surface area contributed by atoms with E-state index in [0.29, 0.717) is 5.91 Å². The van der Waals surface area contributed by atoms with Gasteiger partial charge in [-0.15, -0.1) is 11.3 Å². The SMILES string of the molecule is O=C(O)C(F)(F)F.O=C1CCC2(CCCN(Cc3nccs3)CC2)N1CC1CCCCC1. The quantitative estimate of drug-likeness (QED) is 0.683. The Labute approximate surface area is 190 Å². The molecule has 0 radical (unpaired) electrons. The van der Waals surface area contributed by atoms with E-state index in [1.807, 2.05) is 6.20 Å². The summed E-state index contributed by atoms with van der Waals surface area (Å²) in [6.45, 7) is 4.26. The van der Waals surface area contributed by atoms with Crippen LogP contribution >= 0.6 is 11.3 Å². The Hall–Kier alpha value is -1.68. The number of carboxylic acid groups (broad SMARTS) is 1. The van der Waals surface area contributed by atoms with Crippen molar-refractivity contribution in [2.24, 2.45) is 5.92 Å². The van der Waals surface area contributed by atoms with Gasteiger partial charge >= 0.3 is 12.1 Å². The molecule has 1 unspecified atom stereocenters. The molecule has 2 saturated heterocycles. The number of aliphatic carboxylic acids is 1. The number of thiazole rings is 1. The maximum Gasteiger partial charge on any atom is 0.490 e. The van der Waals surface area contributed by atoms with Crippen molar-refractivity contribution in [2.45, 2.75) is 82.5 Å². The molecule has 3 aliphatic rings. The van der Waals surface area contributed by atoms with Crippen molar-refractivity contribution in [3.8, 4) is 0 Å². The first kappa shape index (κ1) is 25.0. The summed E-state index contributed by atoms with van der Waals surface area (Å²) in [6, 6.07) is 0. The molecule has 0 bridgehead atoms. The first-order valence-electron chi connectivity index (χ1n) is 11.4. The van der Waals surface area contributed by atoms with Crippen LogP contribution in [0.1, 0.15) is 69.2 Å². The van der Waals surface area contributed by atoms with Crippen molar-refractivity contribution >= 4 is 23.2 Å². The summed E-state index contributed by atoms with van der Waals surface area (Å²) in [7, 11) is 0. The second-order valence-electron chi connectivity index (χ2n) is 9.09. The second-order valence-corrected chi connectivity index (χ2v) is 10.1. The van der Waals surface area contributed by atoms with E-state index < -0.39 is 12.1 Å². The lowest BCUT2D eigenvalue weighted by molar-refractivity contribution is -0.192. The summed E-state index contributed by atoms with van der Waals surface area (Å²) < 4.78 is 31.7. The van der Waals surface area contributed by atoms with E-state index in [-0.39, 0.29) is 5.54 Å². The Bertz CT molecular complexity index is 753. The molecular formula is C22H32F3N3O3S. The minimum absolute atomic E-state index is 0.159. The van der Waals surface area contributed by atoms with Crippen LogP contribution in [0.25, 0.3) is 0 Å². The summed E-state index contributed by atoms with van der Waals surface area (Å²) >= 11 is 1.75. The van der Waals surface area contributed by atoms with Gasteiger partial charge in [0.1, 0.15) is 5.01 Å². The smallest absolute Gasteiger partial charge is 0.475 e. The minimum atomic E-state index is -5.08. The highest BCUT2D eigenvalue weighted by Gasteiger charge is 2.46. The van der Waals surface area contributed by atoms with E-state index >= 15 is 0 Å². The molecule has 1 aliphatic carbocycles. The van der Waals surface area contributed by atoms with Crippen LogP contribution in [0.15, 0.2) is 11.6 Å². The molecular weight excluding hydrogens is 443 g/mol. The van der Waals surface area contributed by atoms with E-state index in [1.54, 1.807) is 11.3 Å². The zero-order valence-electron chi connectivity index (χ0n) is 18.3. The number of aromatic nitrogens is 1. The number of alkyl halides is 3. The van der Waals surface area contributed by atoms with Crippen LogP contribution in [0.3, 0.4) is 0 Å². The number of carbonyl (C=O) groups is 2. The van der Waals surface area contributed by atoms with Gasteiger partial charge in [0, 0.05) is 36.6 Å². The third-order valence-corrected chi connectivity index (χ3v) is 7.70. The van der Waals surface area contributed by atoms with Gasteiger partial charge in [0.05, 0.1) is 6.54 Å². The van der Waals surface area contributed by atoms with E-state index in [0.717, 1.165) is 51.4 Å². The lowest BCUT2D eigenvalue weighted by Gasteiger charge is -2.41. The normalized spacial score (nSPS) is 25.5. The van der Waals surface area contributed by atoms with Gasteiger partial charge in [0.15, 0.2) is 0 Å². The molecule has 4 rings (SSSR count). The Balaban J connectivity index is 0.000000360. The summed E-state index contributed by atoms with van der Waals surface area (Å²) in [5.74, 6) is -1.58. The fourth-order valence-corrected chi connectivity index (χ4v) is 5.89.